The smallest absolute Gasteiger partial charge is 0.257 e. The third-order valence-corrected chi connectivity index (χ3v) is 4.73. The number of hydrogen-bond donors (Lipinski definition) is 1. The second-order valence-electron chi connectivity index (χ2n) is 5.18. The zero-order valence-corrected chi connectivity index (χ0v) is 13.6. The maximum Gasteiger partial charge on any atom is 0.257 e. The molecule has 3 aromatic rings. The van der Waals surface area contributed by atoms with Crippen molar-refractivity contribution in [3.63, 3.8) is 0 Å². The molecule has 0 aliphatic carbocycles. The molecule has 0 fully saturated rings. The summed E-state index contributed by atoms with van der Waals surface area (Å²) < 4.78 is 14.7. The van der Waals surface area contributed by atoms with E-state index in [2.05, 4.69) is 5.32 Å². The lowest BCUT2D eigenvalue weighted by atomic mass is 10.1. The average Bonchev–Trinajstić information content (AvgIpc) is 2.87. The van der Waals surface area contributed by atoms with Crippen molar-refractivity contribution in [1.29, 1.82) is 0 Å². The van der Waals surface area contributed by atoms with E-state index in [4.69, 9.17) is 11.6 Å². The Balaban J connectivity index is 1.95. The van der Waals surface area contributed by atoms with Gasteiger partial charge in [-0.15, -0.1) is 11.3 Å². The van der Waals surface area contributed by atoms with Crippen molar-refractivity contribution in [2.75, 3.05) is 5.32 Å². The SMILES string of the molecule is Cc1ccc2c(C(=O)Nc3cc(F)c(C)cc3Cl)csc2c1. The second-order valence-corrected chi connectivity index (χ2v) is 6.50. The molecule has 0 radical (unpaired) electrons. The molecule has 3 rings (SSSR count). The van der Waals surface area contributed by atoms with Gasteiger partial charge in [0.2, 0.25) is 0 Å². The van der Waals surface area contributed by atoms with Crippen molar-refractivity contribution in [1.82, 2.24) is 0 Å². The van der Waals surface area contributed by atoms with E-state index in [0.717, 1.165) is 15.6 Å². The number of benzene rings is 2. The first kappa shape index (κ1) is 15.0. The first-order valence-electron chi connectivity index (χ1n) is 6.70. The molecule has 0 aliphatic rings. The van der Waals surface area contributed by atoms with E-state index in [9.17, 15) is 9.18 Å². The molecule has 0 unspecified atom stereocenters. The van der Waals surface area contributed by atoms with E-state index in [1.807, 2.05) is 25.1 Å². The molecule has 2 aromatic carbocycles. The van der Waals surface area contributed by atoms with E-state index >= 15 is 0 Å². The summed E-state index contributed by atoms with van der Waals surface area (Å²) in [5.74, 6) is -0.689. The van der Waals surface area contributed by atoms with Crippen molar-refractivity contribution in [2.24, 2.45) is 0 Å². The summed E-state index contributed by atoms with van der Waals surface area (Å²) in [5, 5.41) is 5.69. The number of rotatable bonds is 2. The number of amides is 1. The van der Waals surface area contributed by atoms with E-state index in [1.54, 1.807) is 12.3 Å². The van der Waals surface area contributed by atoms with Gasteiger partial charge in [0.1, 0.15) is 5.82 Å². The Labute approximate surface area is 136 Å². The van der Waals surface area contributed by atoms with Crippen LogP contribution in [0.3, 0.4) is 0 Å². The number of aryl methyl sites for hydroxylation is 2. The van der Waals surface area contributed by atoms with E-state index in [0.29, 0.717) is 16.1 Å². The normalized spacial score (nSPS) is 10.9. The Morgan fingerprint density at radius 1 is 1.23 bits per heavy atom. The number of anilines is 1. The number of nitrogens with one attached hydrogen (secondary N) is 1. The molecule has 5 heteroatoms. The zero-order valence-electron chi connectivity index (χ0n) is 12.0. The Morgan fingerprint density at radius 3 is 2.77 bits per heavy atom. The molecule has 0 saturated carbocycles. The number of carbonyl (C=O) groups is 1. The predicted molar refractivity (Wildman–Crippen MR) is 90.7 cm³/mol. The molecule has 22 heavy (non-hydrogen) atoms. The molecule has 1 amide bonds. The average molecular weight is 334 g/mol. The lowest BCUT2D eigenvalue weighted by molar-refractivity contribution is 0.102. The highest BCUT2D eigenvalue weighted by Crippen LogP contribution is 2.29. The van der Waals surface area contributed by atoms with Gasteiger partial charge < -0.3 is 5.32 Å². The maximum absolute atomic E-state index is 13.6. The van der Waals surface area contributed by atoms with Crippen LogP contribution in [-0.4, -0.2) is 5.91 Å². The third kappa shape index (κ3) is 2.72. The highest BCUT2D eigenvalue weighted by molar-refractivity contribution is 7.17. The zero-order chi connectivity index (χ0) is 15.9. The van der Waals surface area contributed by atoms with Crippen molar-refractivity contribution < 1.29 is 9.18 Å². The van der Waals surface area contributed by atoms with Crippen LogP contribution < -0.4 is 5.32 Å². The topological polar surface area (TPSA) is 29.1 Å². The molecular weight excluding hydrogens is 321 g/mol. The molecule has 1 N–H and O–H groups in total. The number of fused-ring (bicyclic) bond motifs is 1. The van der Waals surface area contributed by atoms with Crippen molar-refractivity contribution in [2.45, 2.75) is 13.8 Å². The maximum atomic E-state index is 13.6. The minimum absolute atomic E-state index is 0.279. The molecular formula is C17H13ClFNOS. The van der Waals surface area contributed by atoms with Gasteiger partial charge in [0.15, 0.2) is 0 Å². The van der Waals surface area contributed by atoms with Crippen LogP contribution in [0.5, 0.6) is 0 Å². The van der Waals surface area contributed by atoms with E-state index < -0.39 is 5.82 Å². The van der Waals surface area contributed by atoms with Gasteiger partial charge in [-0.1, -0.05) is 23.7 Å². The Kier molecular flexibility index (Phi) is 3.89. The van der Waals surface area contributed by atoms with Crippen LogP contribution >= 0.6 is 22.9 Å². The monoisotopic (exact) mass is 333 g/mol. The molecule has 0 bridgehead atoms. The highest BCUT2D eigenvalue weighted by atomic mass is 35.5. The minimum atomic E-state index is -0.398. The van der Waals surface area contributed by atoms with Crippen molar-refractivity contribution in [3.8, 4) is 0 Å². The molecule has 1 aromatic heterocycles. The van der Waals surface area contributed by atoms with Gasteiger partial charge in [-0.2, -0.15) is 0 Å². The first-order chi connectivity index (χ1) is 10.5. The highest BCUT2D eigenvalue weighted by Gasteiger charge is 2.15. The minimum Gasteiger partial charge on any atom is -0.320 e. The third-order valence-electron chi connectivity index (χ3n) is 3.47. The second kappa shape index (κ2) is 5.71. The number of halogens is 2. The van der Waals surface area contributed by atoms with Crippen LogP contribution in [0.2, 0.25) is 5.02 Å². The van der Waals surface area contributed by atoms with Crippen molar-refractivity contribution >= 4 is 44.6 Å². The molecule has 1 heterocycles. The van der Waals surface area contributed by atoms with Gasteiger partial charge in [0.25, 0.3) is 5.91 Å². The van der Waals surface area contributed by atoms with Gasteiger partial charge in [-0.3, -0.25) is 4.79 Å². The van der Waals surface area contributed by atoms with Gasteiger partial charge in [0, 0.05) is 15.5 Å². The van der Waals surface area contributed by atoms with Crippen LogP contribution in [-0.2, 0) is 0 Å². The lowest BCUT2D eigenvalue weighted by Crippen LogP contribution is -2.12. The molecule has 2 nitrogen and oxygen atoms in total. The van der Waals surface area contributed by atoms with Crippen LogP contribution in [0.1, 0.15) is 21.5 Å². The molecule has 112 valence electrons. The van der Waals surface area contributed by atoms with Gasteiger partial charge in [-0.05, 0) is 43.2 Å². The van der Waals surface area contributed by atoms with Gasteiger partial charge in [-0.25, -0.2) is 4.39 Å². The van der Waals surface area contributed by atoms with Crippen molar-refractivity contribution in [3.05, 3.63) is 63.2 Å². The van der Waals surface area contributed by atoms with E-state index in [-0.39, 0.29) is 11.6 Å². The number of carbonyl (C=O) groups excluding carboxylic acids is 1. The van der Waals surface area contributed by atoms with Crippen LogP contribution in [0.4, 0.5) is 10.1 Å². The van der Waals surface area contributed by atoms with Crippen LogP contribution in [0.15, 0.2) is 35.7 Å². The molecule has 0 aliphatic heterocycles. The van der Waals surface area contributed by atoms with Gasteiger partial charge in [0.05, 0.1) is 16.3 Å². The van der Waals surface area contributed by atoms with Crippen LogP contribution in [0, 0.1) is 19.7 Å². The summed E-state index contributed by atoms with van der Waals surface area (Å²) in [6.07, 6.45) is 0. The summed E-state index contributed by atoms with van der Waals surface area (Å²) >= 11 is 7.58. The number of hydrogen-bond acceptors (Lipinski definition) is 2. The Hall–Kier alpha value is -1.91. The fourth-order valence-electron chi connectivity index (χ4n) is 2.24. The van der Waals surface area contributed by atoms with E-state index in [1.165, 1.54) is 23.5 Å². The summed E-state index contributed by atoms with van der Waals surface area (Å²) in [5.41, 5.74) is 2.43. The Morgan fingerprint density at radius 2 is 2.00 bits per heavy atom. The number of thiophene rings is 1. The first-order valence-corrected chi connectivity index (χ1v) is 7.96. The largest absolute Gasteiger partial charge is 0.320 e. The fraction of sp³-hybridized carbons (Fsp3) is 0.118. The molecule has 0 atom stereocenters. The lowest BCUT2D eigenvalue weighted by Gasteiger charge is -2.08. The summed E-state index contributed by atoms with van der Waals surface area (Å²) in [6.45, 7) is 3.63. The fourth-order valence-corrected chi connectivity index (χ4v) is 3.55. The van der Waals surface area contributed by atoms with Gasteiger partial charge >= 0.3 is 0 Å². The summed E-state index contributed by atoms with van der Waals surface area (Å²) in [6, 6.07) is 8.67. The molecule has 0 spiro atoms. The Bertz CT molecular complexity index is 888. The quantitative estimate of drug-likeness (QED) is 0.653. The molecule has 0 saturated heterocycles. The predicted octanol–water partition coefficient (Wildman–Crippen LogP) is 5.56. The van der Waals surface area contributed by atoms with Crippen LogP contribution in [0.25, 0.3) is 10.1 Å². The summed E-state index contributed by atoms with van der Waals surface area (Å²) in [7, 11) is 0. The standard InChI is InChI=1S/C17H13ClFNOS/c1-9-3-4-11-12(8-22-16(11)5-9)17(21)20-15-7-14(19)10(2)6-13(15)18/h3-8H,1-2H3,(H,20,21). The summed E-state index contributed by atoms with van der Waals surface area (Å²) in [4.78, 5) is 12.4.